The second kappa shape index (κ2) is 6.46. The zero-order valence-electron chi connectivity index (χ0n) is 10.3. The van der Waals surface area contributed by atoms with E-state index in [1.54, 1.807) is 7.11 Å². The summed E-state index contributed by atoms with van der Waals surface area (Å²) in [5, 5.41) is 3.39. The van der Waals surface area contributed by atoms with Crippen LogP contribution in [-0.2, 0) is 9.47 Å². The molecular weight excluding hydrogens is 190 g/mol. The third-order valence-corrected chi connectivity index (χ3v) is 3.13. The first-order valence-corrected chi connectivity index (χ1v) is 6.01. The highest BCUT2D eigenvalue weighted by atomic mass is 16.5. The summed E-state index contributed by atoms with van der Waals surface area (Å²) >= 11 is 0. The fourth-order valence-electron chi connectivity index (χ4n) is 1.73. The topological polar surface area (TPSA) is 30.5 Å². The van der Waals surface area contributed by atoms with Crippen molar-refractivity contribution in [2.75, 3.05) is 26.8 Å². The van der Waals surface area contributed by atoms with Gasteiger partial charge in [0.2, 0.25) is 0 Å². The molecular formula is C12H25NO2. The van der Waals surface area contributed by atoms with Crippen molar-refractivity contribution < 1.29 is 9.47 Å². The van der Waals surface area contributed by atoms with E-state index in [1.165, 1.54) is 12.8 Å². The summed E-state index contributed by atoms with van der Waals surface area (Å²) in [5.41, 5.74) is -0.0526. The van der Waals surface area contributed by atoms with E-state index < -0.39 is 0 Å². The molecule has 1 N–H and O–H groups in total. The molecule has 15 heavy (non-hydrogen) atoms. The predicted octanol–water partition coefficient (Wildman–Crippen LogP) is 1.96. The molecule has 1 atom stereocenters. The van der Waals surface area contributed by atoms with Gasteiger partial charge in [-0.3, -0.25) is 0 Å². The molecule has 1 aliphatic heterocycles. The molecule has 0 bridgehead atoms. The molecule has 1 rings (SSSR count). The molecule has 1 unspecified atom stereocenters. The molecule has 0 spiro atoms. The zero-order valence-corrected chi connectivity index (χ0v) is 10.3. The highest BCUT2D eigenvalue weighted by molar-refractivity contribution is 4.69. The molecule has 0 saturated carbocycles. The molecule has 0 amide bonds. The Morgan fingerprint density at radius 2 is 2.07 bits per heavy atom. The third-order valence-electron chi connectivity index (χ3n) is 3.13. The molecule has 90 valence electrons. The van der Waals surface area contributed by atoms with E-state index in [2.05, 4.69) is 19.2 Å². The van der Waals surface area contributed by atoms with E-state index in [-0.39, 0.29) is 5.60 Å². The molecule has 0 aliphatic carbocycles. The SMILES string of the molecule is COC(C)(C)CCOC1CCCNCC1. The lowest BCUT2D eigenvalue weighted by Crippen LogP contribution is -2.26. The van der Waals surface area contributed by atoms with Crippen LogP contribution in [0.15, 0.2) is 0 Å². The van der Waals surface area contributed by atoms with Crippen LogP contribution in [0.1, 0.15) is 39.5 Å². The average Bonchev–Trinajstić information content (AvgIpc) is 2.46. The second-order valence-corrected chi connectivity index (χ2v) is 4.89. The van der Waals surface area contributed by atoms with Crippen LogP contribution in [0.25, 0.3) is 0 Å². The van der Waals surface area contributed by atoms with Crippen molar-refractivity contribution in [1.82, 2.24) is 5.32 Å². The van der Waals surface area contributed by atoms with Crippen LogP contribution in [0, 0.1) is 0 Å². The lowest BCUT2D eigenvalue weighted by molar-refractivity contribution is -0.0288. The van der Waals surface area contributed by atoms with Crippen molar-refractivity contribution in [1.29, 1.82) is 0 Å². The van der Waals surface area contributed by atoms with Crippen molar-refractivity contribution >= 4 is 0 Å². The zero-order chi connectivity index (χ0) is 11.1. The van der Waals surface area contributed by atoms with E-state index in [0.717, 1.165) is 32.5 Å². The first-order chi connectivity index (χ1) is 7.14. The van der Waals surface area contributed by atoms with Gasteiger partial charge in [0, 0.05) is 13.7 Å². The number of methoxy groups -OCH3 is 1. The van der Waals surface area contributed by atoms with Gasteiger partial charge in [0.25, 0.3) is 0 Å². The lowest BCUT2D eigenvalue weighted by Gasteiger charge is -2.24. The molecule has 0 aromatic rings. The van der Waals surface area contributed by atoms with Crippen molar-refractivity contribution in [2.45, 2.75) is 51.2 Å². The summed E-state index contributed by atoms with van der Waals surface area (Å²) in [5.74, 6) is 0. The number of ether oxygens (including phenoxy) is 2. The van der Waals surface area contributed by atoms with Gasteiger partial charge >= 0.3 is 0 Å². The Hall–Kier alpha value is -0.120. The Morgan fingerprint density at radius 1 is 1.27 bits per heavy atom. The normalized spacial score (nSPS) is 23.8. The van der Waals surface area contributed by atoms with Gasteiger partial charge in [0.15, 0.2) is 0 Å². The molecule has 0 aromatic heterocycles. The Balaban J connectivity index is 2.13. The molecule has 1 aliphatic rings. The molecule has 1 saturated heterocycles. The molecule has 3 heteroatoms. The van der Waals surface area contributed by atoms with Crippen molar-refractivity contribution in [3.8, 4) is 0 Å². The molecule has 1 fully saturated rings. The summed E-state index contributed by atoms with van der Waals surface area (Å²) in [4.78, 5) is 0. The fraction of sp³-hybridized carbons (Fsp3) is 1.00. The molecule has 3 nitrogen and oxygen atoms in total. The van der Waals surface area contributed by atoms with E-state index >= 15 is 0 Å². The van der Waals surface area contributed by atoms with Gasteiger partial charge in [-0.15, -0.1) is 0 Å². The van der Waals surface area contributed by atoms with Gasteiger partial charge in [-0.2, -0.15) is 0 Å². The Kier molecular flexibility index (Phi) is 5.58. The highest BCUT2D eigenvalue weighted by Crippen LogP contribution is 2.15. The maximum Gasteiger partial charge on any atom is 0.0644 e. The molecule has 0 aromatic carbocycles. The van der Waals surface area contributed by atoms with Crippen LogP contribution in [0.3, 0.4) is 0 Å². The smallest absolute Gasteiger partial charge is 0.0644 e. The maximum absolute atomic E-state index is 5.88. The van der Waals surface area contributed by atoms with Gasteiger partial charge in [-0.05, 0) is 52.6 Å². The van der Waals surface area contributed by atoms with Gasteiger partial charge in [0.05, 0.1) is 11.7 Å². The minimum Gasteiger partial charge on any atom is -0.379 e. The van der Waals surface area contributed by atoms with Crippen molar-refractivity contribution in [3.05, 3.63) is 0 Å². The Labute approximate surface area is 93.5 Å². The number of hydrogen-bond acceptors (Lipinski definition) is 3. The van der Waals surface area contributed by atoms with Crippen LogP contribution in [0.4, 0.5) is 0 Å². The third kappa shape index (κ3) is 5.50. The molecule has 0 radical (unpaired) electrons. The summed E-state index contributed by atoms with van der Waals surface area (Å²) in [6, 6.07) is 0. The maximum atomic E-state index is 5.88. The summed E-state index contributed by atoms with van der Waals surface area (Å²) in [6.45, 7) is 7.25. The van der Waals surface area contributed by atoms with E-state index in [0.29, 0.717) is 6.10 Å². The van der Waals surface area contributed by atoms with Crippen LogP contribution in [0.5, 0.6) is 0 Å². The largest absolute Gasteiger partial charge is 0.379 e. The Morgan fingerprint density at radius 3 is 2.80 bits per heavy atom. The Bertz CT molecular complexity index is 163. The predicted molar refractivity (Wildman–Crippen MR) is 62.2 cm³/mol. The van der Waals surface area contributed by atoms with Gasteiger partial charge in [0.1, 0.15) is 0 Å². The standard InChI is InChI=1S/C12H25NO2/c1-12(2,14-3)7-10-15-11-5-4-8-13-9-6-11/h11,13H,4-10H2,1-3H3. The first kappa shape index (κ1) is 12.9. The fourth-order valence-corrected chi connectivity index (χ4v) is 1.73. The van der Waals surface area contributed by atoms with Crippen LogP contribution >= 0.6 is 0 Å². The first-order valence-electron chi connectivity index (χ1n) is 6.01. The summed E-state index contributed by atoms with van der Waals surface area (Å²) in [7, 11) is 1.76. The van der Waals surface area contributed by atoms with Crippen LogP contribution in [0.2, 0.25) is 0 Å². The number of rotatable bonds is 5. The number of nitrogens with one attached hydrogen (secondary N) is 1. The van der Waals surface area contributed by atoms with Crippen molar-refractivity contribution in [2.24, 2.45) is 0 Å². The van der Waals surface area contributed by atoms with E-state index in [4.69, 9.17) is 9.47 Å². The van der Waals surface area contributed by atoms with Gasteiger partial charge < -0.3 is 14.8 Å². The van der Waals surface area contributed by atoms with Crippen molar-refractivity contribution in [3.63, 3.8) is 0 Å². The minimum absolute atomic E-state index is 0.0526. The quantitative estimate of drug-likeness (QED) is 0.760. The summed E-state index contributed by atoms with van der Waals surface area (Å²) in [6.07, 6.45) is 4.99. The second-order valence-electron chi connectivity index (χ2n) is 4.89. The summed E-state index contributed by atoms with van der Waals surface area (Å²) < 4.78 is 11.2. The highest BCUT2D eigenvalue weighted by Gasteiger charge is 2.18. The average molecular weight is 215 g/mol. The monoisotopic (exact) mass is 215 g/mol. The lowest BCUT2D eigenvalue weighted by atomic mass is 10.1. The van der Waals surface area contributed by atoms with E-state index in [9.17, 15) is 0 Å². The van der Waals surface area contributed by atoms with Gasteiger partial charge in [-0.25, -0.2) is 0 Å². The minimum atomic E-state index is -0.0526. The van der Waals surface area contributed by atoms with E-state index in [1.807, 2.05) is 0 Å². The molecule has 1 heterocycles. The van der Waals surface area contributed by atoms with Crippen LogP contribution < -0.4 is 5.32 Å². The number of hydrogen-bond donors (Lipinski definition) is 1. The van der Waals surface area contributed by atoms with Gasteiger partial charge in [-0.1, -0.05) is 0 Å². The van der Waals surface area contributed by atoms with Crippen LogP contribution in [-0.4, -0.2) is 38.5 Å².